The fraction of sp³-hybridized carbons (Fsp3) is 0.355. The Morgan fingerprint density at radius 2 is 1.83 bits per heavy atom. The van der Waals surface area contributed by atoms with Crippen LogP contribution in [0.15, 0.2) is 45.6 Å². The largest absolute Gasteiger partial charge is 0.490 e. The summed E-state index contributed by atoms with van der Waals surface area (Å²) in [6.07, 6.45) is 1.88. The lowest BCUT2D eigenvalue weighted by molar-refractivity contribution is 0.0531. The molecule has 0 saturated heterocycles. The molecule has 9 nitrogen and oxygen atoms in total. The molecule has 2 aromatic heterocycles. The summed E-state index contributed by atoms with van der Waals surface area (Å²) in [4.78, 5) is 46.9. The first-order valence-electron chi connectivity index (χ1n) is 13.7. The average molecular weight is 577 g/mol. The number of fused-ring (bicyclic) bond motifs is 2. The maximum Gasteiger partial charge on any atom is 0.350 e. The van der Waals surface area contributed by atoms with E-state index in [0.717, 1.165) is 29.7 Å². The highest BCUT2D eigenvalue weighted by molar-refractivity contribution is 7.17. The van der Waals surface area contributed by atoms with Crippen LogP contribution in [0.2, 0.25) is 0 Å². The van der Waals surface area contributed by atoms with Gasteiger partial charge in [-0.25, -0.2) is 9.78 Å². The van der Waals surface area contributed by atoms with E-state index in [-0.39, 0.29) is 28.5 Å². The minimum Gasteiger partial charge on any atom is -0.490 e. The van der Waals surface area contributed by atoms with Gasteiger partial charge in [0.25, 0.3) is 5.91 Å². The van der Waals surface area contributed by atoms with Crippen molar-refractivity contribution in [1.82, 2.24) is 4.98 Å². The van der Waals surface area contributed by atoms with Crippen LogP contribution in [-0.2, 0) is 4.74 Å². The zero-order valence-corrected chi connectivity index (χ0v) is 24.6. The zero-order chi connectivity index (χ0) is 29.3. The van der Waals surface area contributed by atoms with Crippen LogP contribution in [0.4, 0.5) is 5.13 Å². The summed E-state index contributed by atoms with van der Waals surface area (Å²) in [6.45, 7) is 10.4. The summed E-state index contributed by atoms with van der Waals surface area (Å²) in [6, 6.07) is 9.80. The van der Waals surface area contributed by atoms with Crippen LogP contribution in [0.1, 0.15) is 82.3 Å². The second-order valence-corrected chi connectivity index (χ2v) is 10.7. The van der Waals surface area contributed by atoms with Crippen LogP contribution < -0.4 is 19.8 Å². The molecular weight excluding hydrogens is 544 g/mol. The number of esters is 1. The number of thiazole rings is 1. The van der Waals surface area contributed by atoms with Crippen LogP contribution in [-0.4, -0.2) is 36.7 Å². The van der Waals surface area contributed by atoms with E-state index in [0.29, 0.717) is 51.8 Å². The lowest BCUT2D eigenvalue weighted by atomic mass is 9.98. The Morgan fingerprint density at radius 3 is 2.56 bits per heavy atom. The van der Waals surface area contributed by atoms with E-state index in [1.54, 1.807) is 38.1 Å². The second kappa shape index (κ2) is 11.7. The third-order valence-electron chi connectivity index (χ3n) is 6.82. The number of nitrogens with zero attached hydrogens (tertiary/aromatic N) is 2. The number of carbonyl (C=O) groups excluding carboxylic acids is 2. The molecule has 1 atom stereocenters. The molecule has 0 bridgehead atoms. The van der Waals surface area contributed by atoms with Gasteiger partial charge >= 0.3 is 5.97 Å². The van der Waals surface area contributed by atoms with Crippen molar-refractivity contribution in [2.75, 3.05) is 24.7 Å². The Hall–Kier alpha value is -4.18. The van der Waals surface area contributed by atoms with Gasteiger partial charge in [0.15, 0.2) is 22.1 Å². The molecule has 1 amide bonds. The molecule has 0 radical (unpaired) electrons. The molecule has 2 aromatic carbocycles. The van der Waals surface area contributed by atoms with Crippen molar-refractivity contribution in [2.45, 2.75) is 53.5 Å². The number of hydrogen-bond acceptors (Lipinski definition) is 9. The van der Waals surface area contributed by atoms with Gasteiger partial charge in [-0.2, -0.15) is 0 Å². The number of unbranched alkanes of at least 4 members (excludes halogenated alkanes) is 1. The number of anilines is 1. The first kappa shape index (κ1) is 28.4. The number of carbonyl (C=O) groups is 2. The first-order chi connectivity index (χ1) is 19.8. The maximum atomic E-state index is 14.0. The smallest absolute Gasteiger partial charge is 0.350 e. The van der Waals surface area contributed by atoms with Crippen molar-refractivity contribution in [3.05, 3.63) is 79.6 Å². The number of benzene rings is 2. The molecule has 1 aliphatic rings. The lowest BCUT2D eigenvalue weighted by Crippen LogP contribution is -2.29. The summed E-state index contributed by atoms with van der Waals surface area (Å²) in [5.74, 6) is -0.00306. The second-order valence-electron chi connectivity index (χ2n) is 9.72. The molecule has 5 rings (SSSR count). The Kier molecular flexibility index (Phi) is 8.12. The Morgan fingerprint density at radius 1 is 1.02 bits per heavy atom. The summed E-state index contributed by atoms with van der Waals surface area (Å²) < 4.78 is 23.2. The van der Waals surface area contributed by atoms with Crippen LogP contribution in [0.25, 0.3) is 11.0 Å². The molecule has 0 spiro atoms. The van der Waals surface area contributed by atoms with Gasteiger partial charge in [0.2, 0.25) is 5.76 Å². The van der Waals surface area contributed by atoms with E-state index >= 15 is 0 Å². The highest BCUT2D eigenvalue weighted by Crippen LogP contribution is 2.45. The number of aryl methyl sites for hydroxylation is 2. The van der Waals surface area contributed by atoms with Crippen molar-refractivity contribution in [2.24, 2.45) is 0 Å². The van der Waals surface area contributed by atoms with E-state index in [9.17, 15) is 14.4 Å². The van der Waals surface area contributed by atoms with Gasteiger partial charge in [0.05, 0.1) is 42.5 Å². The molecule has 1 aliphatic heterocycles. The number of rotatable bonds is 10. The molecule has 1 unspecified atom stereocenters. The van der Waals surface area contributed by atoms with Crippen molar-refractivity contribution >= 4 is 39.3 Å². The van der Waals surface area contributed by atoms with Crippen LogP contribution in [0.3, 0.4) is 0 Å². The van der Waals surface area contributed by atoms with Gasteiger partial charge in [-0.3, -0.25) is 14.5 Å². The lowest BCUT2D eigenvalue weighted by Gasteiger charge is -2.23. The zero-order valence-electron chi connectivity index (χ0n) is 23.7. The van der Waals surface area contributed by atoms with Gasteiger partial charge in [-0.05, 0) is 63.9 Å². The minimum atomic E-state index is -0.872. The monoisotopic (exact) mass is 576 g/mol. The highest BCUT2D eigenvalue weighted by atomic mass is 32.1. The molecule has 0 fully saturated rings. The molecule has 214 valence electrons. The summed E-state index contributed by atoms with van der Waals surface area (Å²) >= 11 is 1.04. The molecule has 0 N–H and O–H groups in total. The Labute approximate surface area is 241 Å². The van der Waals surface area contributed by atoms with Crippen LogP contribution in [0.5, 0.6) is 11.5 Å². The normalized spacial score (nSPS) is 14.4. The fourth-order valence-corrected chi connectivity index (χ4v) is 5.87. The van der Waals surface area contributed by atoms with Crippen LogP contribution >= 0.6 is 11.3 Å². The predicted octanol–water partition coefficient (Wildman–Crippen LogP) is 6.37. The average Bonchev–Trinajstić information content (AvgIpc) is 3.47. The maximum absolute atomic E-state index is 14.0. The van der Waals surface area contributed by atoms with Gasteiger partial charge in [-0.1, -0.05) is 42.4 Å². The number of ether oxygens (including phenoxy) is 3. The van der Waals surface area contributed by atoms with E-state index < -0.39 is 17.9 Å². The van der Waals surface area contributed by atoms with Crippen molar-refractivity contribution < 1.29 is 28.2 Å². The van der Waals surface area contributed by atoms with Crippen molar-refractivity contribution in [1.29, 1.82) is 0 Å². The topological polar surface area (TPSA) is 108 Å². The molecule has 0 saturated carbocycles. The first-order valence-corrected chi connectivity index (χ1v) is 14.6. The third kappa shape index (κ3) is 5.19. The van der Waals surface area contributed by atoms with E-state index in [2.05, 4.69) is 11.9 Å². The molecule has 10 heteroatoms. The SMILES string of the molecule is CCCCOc1ccc(C2c3c(oc4ccc(C)cc4c3=O)C(=O)N2c2nc(C)c(C(=O)OCC)s2)cc1OCC. The van der Waals surface area contributed by atoms with Crippen LogP contribution in [0, 0.1) is 13.8 Å². The Bertz CT molecular complexity index is 1690. The molecule has 0 aliphatic carbocycles. The predicted molar refractivity (Wildman–Crippen MR) is 157 cm³/mol. The summed E-state index contributed by atoms with van der Waals surface area (Å²) in [5.41, 5.74) is 2.18. The van der Waals surface area contributed by atoms with Gasteiger partial charge < -0.3 is 18.6 Å². The fourth-order valence-electron chi connectivity index (χ4n) is 4.88. The number of hydrogen-bond donors (Lipinski definition) is 0. The van der Waals surface area contributed by atoms with E-state index in [1.807, 2.05) is 26.0 Å². The van der Waals surface area contributed by atoms with Gasteiger partial charge in [0, 0.05) is 0 Å². The highest BCUT2D eigenvalue weighted by Gasteiger charge is 2.45. The number of aromatic nitrogens is 1. The van der Waals surface area contributed by atoms with Crippen molar-refractivity contribution in [3.63, 3.8) is 0 Å². The quantitative estimate of drug-likeness (QED) is 0.158. The van der Waals surface area contributed by atoms with Gasteiger partial charge in [0.1, 0.15) is 10.5 Å². The molecule has 41 heavy (non-hydrogen) atoms. The molecular formula is C31H32N2O7S. The standard InChI is InChI=1S/C31H32N2O7S/c1-6-9-14-39-22-13-11-19(16-23(22)37-7-2)25-24-26(34)20-15-17(4)10-12-21(20)40-27(24)29(35)33(25)31-32-18(5)28(41-31)30(36)38-8-3/h10-13,15-16,25H,6-9,14H2,1-5H3. The minimum absolute atomic E-state index is 0.0527. The van der Waals surface area contributed by atoms with E-state index in [1.165, 1.54) is 4.90 Å². The number of amides is 1. The third-order valence-corrected chi connectivity index (χ3v) is 7.95. The Balaban J connectivity index is 1.71. The molecule has 4 aromatic rings. The molecule has 3 heterocycles. The van der Waals surface area contributed by atoms with Gasteiger partial charge in [-0.15, -0.1) is 0 Å². The summed E-state index contributed by atoms with van der Waals surface area (Å²) in [5, 5.41) is 0.642. The summed E-state index contributed by atoms with van der Waals surface area (Å²) in [7, 11) is 0. The van der Waals surface area contributed by atoms with Crippen molar-refractivity contribution in [3.8, 4) is 11.5 Å². The van der Waals surface area contributed by atoms with E-state index in [4.69, 9.17) is 18.6 Å².